The fourth-order valence-electron chi connectivity index (χ4n) is 1.96. The molecule has 5 nitrogen and oxygen atoms in total. The SMILES string of the molecule is CC1(CNS(=O)(=O)c2cc(CO)sc2Br)CCCO1. The van der Waals surface area contributed by atoms with E-state index in [0.29, 0.717) is 15.3 Å². The second kappa shape index (κ2) is 5.79. The Balaban J connectivity index is 2.11. The number of nitrogens with one attached hydrogen (secondary N) is 1. The van der Waals surface area contributed by atoms with Gasteiger partial charge in [0.15, 0.2) is 0 Å². The molecular weight excluding hydrogens is 354 g/mol. The van der Waals surface area contributed by atoms with Gasteiger partial charge in [-0.05, 0) is 41.8 Å². The van der Waals surface area contributed by atoms with Crippen LogP contribution in [0.15, 0.2) is 14.7 Å². The molecule has 2 N–H and O–H groups in total. The molecule has 1 atom stereocenters. The molecule has 2 rings (SSSR count). The molecule has 1 aromatic heterocycles. The summed E-state index contributed by atoms with van der Waals surface area (Å²) in [5, 5.41) is 9.04. The zero-order chi connectivity index (χ0) is 14.1. The second-order valence-corrected chi connectivity index (χ2v) is 8.93. The van der Waals surface area contributed by atoms with Crippen molar-refractivity contribution in [3.8, 4) is 0 Å². The molecule has 0 bridgehead atoms. The van der Waals surface area contributed by atoms with Gasteiger partial charge in [-0.1, -0.05) is 0 Å². The highest BCUT2D eigenvalue weighted by Crippen LogP contribution is 2.32. The average Bonchev–Trinajstić information content (AvgIpc) is 2.94. The van der Waals surface area contributed by atoms with Crippen LogP contribution in [0.5, 0.6) is 0 Å². The van der Waals surface area contributed by atoms with E-state index in [2.05, 4.69) is 20.7 Å². The fraction of sp³-hybridized carbons (Fsp3) is 0.636. The topological polar surface area (TPSA) is 75.6 Å². The third-order valence-electron chi connectivity index (χ3n) is 3.09. The van der Waals surface area contributed by atoms with Gasteiger partial charge in [0.25, 0.3) is 0 Å². The molecule has 1 saturated heterocycles. The van der Waals surface area contributed by atoms with Crippen molar-refractivity contribution in [2.75, 3.05) is 13.2 Å². The van der Waals surface area contributed by atoms with Gasteiger partial charge in [0, 0.05) is 18.0 Å². The zero-order valence-corrected chi connectivity index (χ0v) is 13.7. The number of sulfonamides is 1. The zero-order valence-electron chi connectivity index (χ0n) is 10.5. The van der Waals surface area contributed by atoms with Crippen molar-refractivity contribution in [3.05, 3.63) is 14.7 Å². The fourth-order valence-corrected chi connectivity index (χ4v) is 5.66. The highest BCUT2D eigenvalue weighted by molar-refractivity contribution is 9.11. The summed E-state index contributed by atoms with van der Waals surface area (Å²) in [6.07, 6.45) is 1.80. The molecule has 0 spiro atoms. The Labute approximate surface area is 125 Å². The summed E-state index contributed by atoms with van der Waals surface area (Å²) < 4.78 is 33.1. The number of halogens is 1. The van der Waals surface area contributed by atoms with E-state index in [-0.39, 0.29) is 18.0 Å². The van der Waals surface area contributed by atoms with Crippen LogP contribution in [0.4, 0.5) is 0 Å². The Bertz CT molecular complexity index is 549. The van der Waals surface area contributed by atoms with Crippen LogP contribution >= 0.6 is 27.3 Å². The first-order chi connectivity index (χ1) is 8.86. The quantitative estimate of drug-likeness (QED) is 0.830. The van der Waals surface area contributed by atoms with Crippen LogP contribution in [0.1, 0.15) is 24.6 Å². The minimum absolute atomic E-state index is 0.167. The Morgan fingerprint density at radius 3 is 2.89 bits per heavy atom. The predicted octanol–water partition coefficient (Wildman–Crippen LogP) is 1.85. The normalized spacial score (nSPS) is 23.9. The smallest absolute Gasteiger partial charge is 0.242 e. The van der Waals surface area contributed by atoms with Crippen LogP contribution in [-0.4, -0.2) is 32.3 Å². The molecule has 1 fully saturated rings. The Morgan fingerprint density at radius 1 is 1.63 bits per heavy atom. The molecule has 1 aliphatic rings. The Hall–Kier alpha value is 0.01000. The number of thiophene rings is 1. The predicted molar refractivity (Wildman–Crippen MR) is 76.7 cm³/mol. The molecule has 0 amide bonds. The number of aliphatic hydroxyl groups excluding tert-OH is 1. The largest absolute Gasteiger partial charge is 0.391 e. The highest BCUT2D eigenvalue weighted by Gasteiger charge is 2.32. The van der Waals surface area contributed by atoms with Gasteiger partial charge in [0.2, 0.25) is 10.0 Å². The van der Waals surface area contributed by atoms with E-state index >= 15 is 0 Å². The summed E-state index contributed by atoms with van der Waals surface area (Å²) >= 11 is 4.43. The lowest BCUT2D eigenvalue weighted by Gasteiger charge is -2.23. The van der Waals surface area contributed by atoms with Crippen LogP contribution in [-0.2, 0) is 21.4 Å². The number of aliphatic hydroxyl groups is 1. The molecule has 1 unspecified atom stereocenters. The van der Waals surface area contributed by atoms with Crippen LogP contribution in [0.3, 0.4) is 0 Å². The molecule has 0 aliphatic carbocycles. The summed E-state index contributed by atoms with van der Waals surface area (Å²) in [7, 11) is -3.58. The van der Waals surface area contributed by atoms with Crippen LogP contribution in [0.25, 0.3) is 0 Å². The van der Waals surface area contributed by atoms with Crippen molar-refractivity contribution in [2.24, 2.45) is 0 Å². The molecule has 0 aromatic carbocycles. The van der Waals surface area contributed by atoms with Crippen molar-refractivity contribution in [2.45, 2.75) is 36.9 Å². The van der Waals surface area contributed by atoms with Crippen molar-refractivity contribution < 1.29 is 18.3 Å². The van der Waals surface area contributed by atoms with Gasteiger partial charge in [-0.25, -0.2) is 13.1 Å². The van der Waals surface area contributed by atoms with Crippen molar-refractivity contribution in [3.63, 3.8) is 0 Å². The molecule has 2 heterocycles. The first kappa shape index (κ1) is 15.4. The molecule has 1 aromatic rings. The second-order valence-electron chi connectivity index (χ2n) is 4.74. The minimum atomic E-state index is -3.58. The Morgan fingerprint density at radius 2 is 2.37 bits per heavy atom. The van der Waals surface area contributed by atoms with Gasteiger partial charge in [0.1, 0.15) is 4.90 Å². The number of hydrogen-bond acceptors (Lipinski definition) is 5. The van der Waals surface area contributed by atoms with E-state index in [0.717, 1.165) is 12.8 Å². The molecule has 108 valence electrons. The summed E-state index contributed by atoms with van der Waals surface area (Å²) in [6.45, 7) is 2.67. The van der Waals surface area contributed by atoms with Crippen molar-refractivity contribution >= 4 is 37.3 Å². The third kappa shape index (κ3) is 3.56. The monoisotopic (exact) mass is 369 g/mol. The van der Waals surface area contributed by atoms with Gasteiger partial charge in [-0.15, -0.1) is 11.3 Å². The van der Waals surface area contributed by atoms with E-state index in [1.54, 1.807) is 0 Å². The maximum absolute atomic E-state index is 12.2. The highest BCUT2D eigenvalue weighted by atomic mass is 79.9. The van der Waals surface area contributed by atoms with Gasteiger partial charge in [-0.3, -0.25) is 0 Å². The van der Waals surface area contributed by atoms with Gasteiger partial charge < -0.3 is 9.84 Å². The summed E-state index contributed by atoms with van der Waals surface area (Å²) in [5.74, 6) is 0. The molecule has 19 heavy (non-hydrogen) atoms. The third-order valence-corrected chi connectivity index (χ3v) is 6.73. The van der Waals surface area contributed by atoms with E-state index < -0.39 is 15.6 Å². The van der Waals surface area contributed by atoms with Crippen molar-refractivity contribution in [1.82, 2.24) is 4.72 Å². The van der Waals surface area contributed by atoms with Crippen LogP contribution in [0, 0.1) is 0 Å². The maximum Gasteiger partial charge on any atom is 0.242 e. The molecule has 1 aliphatic heterocycles. The van der Waals surface area contributed by atoms with E-state index in [1.165, 1.54) is 17.4 Å². The first-order valence-electron chi connectivity index (χ1n) is 5.89. The standard InChI is InChI=1S/C11H16BrNO4S2/c1-11(3-2-4-17-11)7-13-19(15,16)9-5-8(6-14)18-10(9)12/h5,13-14H,2-4,6-7H2,1H3. The Kier molecular flexibility index (Phi) is 4.69. The average molecular weight is 370 g/mol. The van der Waals surface area contributed by atoms with Gasteiger partial charge >= 0.3 is 0 Å². The van der Waals surface area contributed by atoms with Crippen molar-refractivity contribution in [1.29, 1.82) is 0 Å². The number of rotatable bonds is 5. The number of hydrogen-bond donors (Lipinski definition) is 2. The van der Waals surface area contributed by atoms with Crippen LogP contribution < -0.4 is 4.72 Å². The molecular formula is C11H16BrNO4S2. The lowest BCUT2D eigenvalue weighted by molar-refractivity contribution is 0.0250. The molecule has 0 saturated carbocycles. The van der Waals surface area contributed by atoms with Crippen LogP contribution in [0.2, 0.25) is 0 Å². The van der Waals surface area contributed by atoms with E-state index in [1.807, 2.05) is 6.92 Å². The lowest BCUT2D eigenvalue weighted by Crippen LogP contribution is -2.40. The summed E-state index contributed by atoms with van der Waals surface area (Å²) in [4.78, 5) is 0.777. The van der Waals surface area contributed by atoms with E-state index in [4.69, 9.17) is 9.84 Å². The maximum atomic E-state index is 12.2. The minimum Gasteiger partial charge on any atom is -0.391 e. The first-order valence-corrected chi connectivity index (χ1v) is 8.98. The summed E-state index contributed by atoms with van der Waals surface area (Å²) in [6, 6.07) is 1.48. The number of ether oxygens (including phenoxy) is 1. The van der Waals surface area contributed by atoms with Gasteiger partial charge in [0.05, 0.1) is 16.0 Å². The van der Waals surface area contributed by atoms with Gasteiger partial charge in [-0.2, -0.15) is 0 Å². The summed E-state index contributed by atoms with van der Waals surface area (Å²) in [5.41, 5.74) is -0.421. The van der Waals surface area contributed by atoms with E-state index in [9.17, 15) is 8.42 Å². The molecule has 8 heteroatoms. The molecule has 0 radical (unpaired) electrons. The lowest BCUT2D eigenvalue weighted by atomic mass is 10.0.